The summed E-state index contributed by atoms with van der Waals surface area (Å²) >= 11 is 4.09. The molecule has 0 radical (unpaired) electrons. The van der Waals surface area contributed by atoms with Crippen molar-refractivity contribution in [2.45, 2.75) is 11.6 Å². The first-order chi connectivity index (χ1) is 4.80. The summed E-state index contributed by atoms with van der Waals surface area (Å²) in [6.45, 7) is 0. The third-order valence-corrected chi connectivity index (χ3v) is 1.06. The predicted octanol–water partition coefficient (Wildman–Crippen LogP) is 3.23. The first kappa shape index (κ1) is 10.6. The van der Waals surface area contributed by atoms with Gasteiger partial charge >= 0.3 is 6.08 Å². The molecule has 0 nitrogen and oxygen atoms in total. The lowest BCUT2D eigenvalue weighted by atomic mass is 10.3. The van der Waals surface area contributed by atoms with E-state index < -0.39 is 23.5 Å². The van der Waals surface area contributed by atoms with Gasteiger partial charge in [0, 0.05) is 0 Å². The molecule has 0 aromatic carbocycles. The highest BCUT2D eigenvalue weighted by Gasteiger charge is 2.46. The maximum atomic E-state index is 12.0. The fourth-order valence-electron chi connectivity index (χ4n) is 0.222. The summed E-state index contributed by atoms with van der Waals surface area (Å²) in [5, 5.41) is -4.42. The second kappa shape index (κ2) is 3.34. The van der Waals surface area contributed by atoms with E-state index in [1.165, 1.54) is 0 Å². The minimum atomic E-state index is -4.42. The zero-order valence-electron chi connectivity index (χ0n) is 4.72. The van der Waals surface area contributed by atoms with Crippen molar-refractivity contribution in [3.05, 3.63) is 11.9 Å². The molecule has 0 spiro atoms. The molecule has 0 rings (SSSR count). The summed E-state index contributed by atoms with van der Waals surface area (Å²) < 4.78 is 68.5. The molecular formula is C4HClF6. The van der Waals surface area contributed by atoms with E-state index in [0.717, 1.165) is 0 Å². The molecule has 0 aliphatic rings. The van der Waals surface area contributed by atoms with Gasteiger partial charge in [0.1, 0.15) is 0 Å². The van der Waals surface area contributed by atoms with Crippen molar-refractivity contribution in [2.24, 2.45) is 0 Å². The molecule has 0 aromatic heterocycles. The van der Waals surface area contributed by atoms with E-state index in [4.69, 9.17) is 0 Å². The van der Waals surface area contributed by atoms with Crippen molar-refractivity contribution >= 4 is 11.6 Å². The van der Waals surface area contributed by atoms with Crippen LogP contribution in [-0.2, 0) is 0 Å². The number of allylic oxidation sites excluding steroid dienone is 1. The van der Waals surface area contributed by atoms with Gasteiger partial charge in [-0.1, -0.05) is 11.6 Å². The number of rotatable bonds is 2. The molecule has 0 aliphatic heterocycles. The van der Waals surface area contributed by atoms with Crippen LogP contribution in [0.1, 0.15) is 0 Å². The molecule has 1 unspecified atom stereocenters. The van der Waals surface area contributed by atoms with Crippen molar-refractivity contribution in [1.82, 2.24) is 0 Å². The minimum absolute atomic E-state index is 2.95. The monoisotopic (exact) mass is 198 g/mol. The first-order valence-electron chi connectivity index (χ1n) is 2.17. The summed E-state index contributed by atoms with van der Waals surface area (Å²) in [6.07, 6.45) is -7.23. The highest BCUT2D eigenvalue weighted by atomic mass is 35.5. The van der Waals surface area contributed by atoms with Crippen LogP contribution in [0.4, 0.5) is 26.3 Å². The predicted molar refractivity (Wildman–Crippen MR) is 26.0 cm³/mol. The molecule has 0 heterocycles. The smallest absolute Gasteiger partial charge is 0.212 e. The van der Waals surface area contributed by atoms with Gasteiger partial charge in [-0.05, 0) is 0 Å². The largest absolute Gasteiger partial charge is 0.306 e. The molecule has 66 valence electrons. The summed E-state index contributed by atoms with van der Waals surface area (Å²) in [5.41, 5.74) is 0. The Hall–Kier alpha value is -0.390. The van der Waals surface area contributed by atoms with Gasteiger partial charge in [0.25, 0.3) is 11.6 Å². The Balaban J connectivity index is 4.70. The van der Waals surface area contributed by atoms with Crippen LogP contribution in [0.15, 0.2) is 11.9 Å². The number of alkyl halides is 4. The van der Waals surface area contributed by atoms with Gasteiger partial charge < -0.3 is 0 Å². The Morgan fingerprint density at radius 3 is 1.64 bits per heavy atom. The van der Waals surface area contributed by atoms with Gasteiger partial charge in [-0.3, -0.25) is 0 Å². The number of hydrogen-bond donors (Lipinski definition) is 0. The summed E-state index contributed by atoms with van der Waals surface area (Å²) in [4.78, 5) is 0. The van der Waals surface area contributed by atoms with Crippen LogP contribution in [0.5, 0.6) is 0 Å². The van der Waals surface area contributed by atoms with Crippen LogP contribution in [0, 0.1) is 0 Å². The SMILES string of the molecule is FC(F)=C(F)C(F)(Cl)C(F)F. The number of hydrogen-bond acceptors (Lipinski definition) is 0. The summed E-state index contributed by atoms with van der Waals surface area (Å²) in [5.74, 6) is -2.95. The fourth-order valence-corrected chi connectivity index (χ4v) is 0.293. The van der Waals surface area contributed by atoms with E-state index in [-0.39, 0.29) is 0 Å². The highest BCUT2D eigenvalue weighted by molar-refractivity contribution is 6.24. The van der Waals surface area contributed by atoms with Gasteiger partial charge in [0.15, 0.2) is 0 Å². The van der Waals surface area contributed by atoms with Gasteiger partial charge in [-0.15, -0.1) is 0 Å². The summed E-state index contributed by atoms with van der Waals surface area (Å²) in [6, 6.07) is 0. The van der Waals surface area contributed by atoms with E-state index in [1.807, 2.05) is 0 Å². The molecule has 0 saturated carbocycles. The average molecular weight is 198 g/mol. The van der Waals surface area contributed by atoms with Gasteiger partial charge in [0.05, 0.1) is 0 Å². The second-order valence-electron chi connectivity index (χ2n) is 1.50. The van der Waals surface area contributed by atoms with E-state index >= 15 is 0 Å². The van der Waals surface area contributed by atoms with Crippen LogP contribution < -0.4 is 0 Å². The lowest BCUT2D eigenvalue weighted by Crippen LogP contribution is -2.26. The standard InChI is InChI=1S/C4HClF6/c5-4(11,3(9)10)1(6)2(7)8/h3H. The molecular weight excluding hydrogens is 197 g/mol. The average Bonchev–Trinajstić information content (AvgIpc) is 1.85. The maximum absolute atomic E-state index is 12.0. The Morgan fingerprint density at radius 1 is 1.18 bits per heavy atom. The molecule has 11 heavy (non-hydrogen) atoms. The molecule has 0 aromatic rings. The molecule has 0 fully saturated rings. The third kappa shape index (κ3) is 2.28. The molecule has 0 saturated heterocycles. The molecule has 7 heteroatoms. The Morgan fingerprint density at radius 2 is 1.55 bits per heavy atom. The topological polar surface area (TPSA) is 0 Å². The van der Waals surface area contributed by atoms with E-state index in [9.17, 15) is 26.3 Å². The normalized spacial score (nSPS) is 16.4. The van der Waals surface area contributed by atoms with Crippen LogP contribution in [0.25, 0.3) is 0 Å². The first-order valence-corrected chi connectivity index (χ1v) is 2.55. The van der Waals surface area contributed by atoms with Crippen molar-refractivity contribution in [3.63, 3.8) is 0 Å². The quantitative estimate of drug-likeness (QED) is 0.472. The Bertz CT molecular complexity index is 169. The van der Waals surface area contributed by atoms with Crippen LogP contribution in [0.2, 0.25) is 0 Å². The lowest BCUT2D eigenvalue weighted by Gasteiger charge is -2.12. The Kier molecular flexibility index (Phi) is 3.22. The zero-order valence-corrected chi connectivity index (χ0v) is 5.48. The highest BCUT2D eigenvalue weighted by Crippen LogP contribution is 2.36. The number of halogens is 7. The second-order valence-corrected chi connectivity index (χ2v) is 2.05. The van der Waals surface area contributed by atoms with E-state index in [0.29, 0.717) is 0 Å². The Labute approximate surface area is 62.4 Å². The molecule has 1 atom stereocenters. The van der Waals surface area contributed by atoms with Crippen LogP contribution in [-0.4, -0.2) is 11.6 Å². The molecule has 0 bridgehead atoms. The van der Waals surface area contributed by atoms with Crippen LogP contribution >= 0.6 is 11.6 Å². The van der Waals surface area contributed by atoms with E-state index in [2.05, 4.69) is 11.6 Å². The fraction of sp³-hybridized carbons (Fsp3) is 0.500. The molecule has 0 amide bonds. The maximum Gasteiger partial charge on any atom is 0.306 e. The zero-order chi connectivity index (χ0) is 9.23. The van der Waals surface area contributed by atoms with Gasteiger partial charge in [-0.25, -0.2) is 17.6 Å². The van der Waals surface area contributed by atoms with Crippen molar-refractivity contribution in [2.75, 3.05) is 0 Å². The third-order valence-electron chi connectivity index (χ3n) is 0.733. The molecule has 0 N–H and O–H groups in total. The van der Waals surface area contributed by atoms with Gasteiger partial charge in [-0.2, -0.15) is 8.78 Å². The summed E-state index contributed by atoms with van der Waals surface area (Å²) in [7, 11) is 0. The van der Waals surface area contributed by atoms with Gasteiger partial charge in [0.2, 0.25) is 5.83 Å². The minimum Gasteiger partial charge on any atom is -0.212 e. The van der Waals surface area contributed by atoms with Crippen molar-refractivity contribution in [1.29, 1.82) is 0 Å². The van der Waals surface area contributed by atoms with Crippen molar-refractivity contribution in [3.8, 4) is 0 Å². The lowest BCUT2D eigenvalue weighted by molar-refractivity contribution is 0.0267. The van der Waals surface area contributed by atoms with Crippen LogP contribution in [0.3, 0.4) is 0 Å². The van der Waals surface area contributed by atoms with E-state index in [1.54, 1.807) is 0 Å². The van der Waals surface area contributed by atoms with Crippen molar-refractivity contribution < 1.29 is 26.3 Å². The molecule has 0 aliphatic carbocycles.